The van der Waals surface area contributed by atoms with E-state index in [9.17, 15) is 0 Å². The minimum absolute atomic E-state index is 0.606. The van der Waals surface area contributed by atoms with Crippen LogP contribution in [-0.4, -0.2) is 24.5 Å². The molecule has 4 heteroatoms. The summed E-state index contributed by atoms with van der Waals surface area (Å²) in [5.41, 5.74) is 1.13. The third kappa shape index (κ3) is 27.4. The Kier molecular flexibility index (Phi) is 21.7. The van der Waals surface area contributed by atoms with Gasteiger partial charge in [0.1, 0.15) is 0 Å². The van der Waals surface area contributed by atoms with Crippen molar-refractivity contribution in [3.63, 3.8) is 0 Å². The number of hydrogen-bond acceptors (Lipinski definition) is 1. The first-order chi connectivity index (χ1) is 12.9. The van der Waals surface area contributed by atoms with Crippen LogP contribution in [0.15, 0.2) is 12.2 Å². The van der Waals surface area contributed by atoms with Crippen molar-refractivity contribution in [3.05, 3.63) is 12.2 Å². The molecule has 0 fully saturated rings. The molecule has 0 unspecified atom stereocenters. The molecular formula is C23H46I2OSi. The van der Waals surface area contributed by atoms with E-state index in [0.29, 0.717) is 1.05 Å². The van der Waals surface area contributed by atoms with Gasteiger partial charge in [-0.1, -0.05) is 154 Å². The number of rotatable bonds is 21. The van der Waals surface area contributed by atoms with Crippen molar-refractivity contribution in [2.24, 2.45) is 0 Å². The van der Waals surface area contributed by atoms with Crippen molar-refractivity contribution in [2.75, 3.05) is 13.2 Å². The number of hydrogen-bond donors (Lipinski definition) is 0. The van der Waals surface area contributed by atoms with Gasteiger partial charge < -0.3 is 4.74 Å². The van der Waals surface area contributed by atoms with Gasteiger partial charge in [0.2, 0.25) is 0 Å². The highest BCUT2D eigenvalue weighted by atomic mass is 127. The summed E-state index contributed by atoms with van der Waals surface area (Å²) in [6.45, 7) is 7.52. The normalized spacial score (nSPS) is 12.0. The molecule has 27 heavy (non-hydrogen) atoms. The molecule has 0 aromatic rings. The van der Waals surface area contributed by atoms with Gasteiger partial charge in [-0.3, -0.25) is 0 Å². The Morgan fingerprint density at radius 1 is 0.704 bits per heavy atom. The Bertz CT molecular complexity index is 329. The van der Waals surface area contributed by atoms with Crippen molar-refractivity contribution < 1.29 is 4.74 Å². The van der Waals surface area contributed by atoms with Crippen LogP contribution < -0.4 is 0 Å². The monoisotopic (exact) mass is 620 g/mol. The van der Waals surface area contributed by atoms with Crippen molar-refractivity contribution >= 4 is 55.4 Å². The Balaban J connectivity index is 3.04. The van der Waals surface area contributed by atoms with E-state index in [2.05, 4.69) is 51.8 Å². The van der Waals surface area contributed by atoms with E-state index < -0.39 is 0 Å². The summed E-state index contributed by atoms with van der Waals surface area (Å²) in [7, 11) is 1.31. The molecule has 0 N–H and O–H groups in total. The van der Waals surface area contributed by atoms with Gasteiger partial charge in [-0.2, -0.15) is 0 Å². The zero-order chi connectivity index (χ0) is 20.2. The molecule has 0 aromatic heterocycles. The summed E-state index contributed by atoms with van der Waals surface area (Å²) in [6.07, 6.45) is 24.3. The van der Waals surface area contributed by atoms with Gasteiger partial charge in [-0.05, 0) is 19.8 Å². The second-order valence-electron chi connectivity index (χ2n) is 8.49. The second-order valence-corrected chi connectivity index (χ2v) is 21.1. The number of halogens is 2. The van der Waals surface area contributed by atoms with E-state index in [1.807, 2.05) is 6.92 Å². The fourth-order valence-corrected chi connectivity index (χ4v) is 4.48. The van der Waals surface area contributed by atoms with Crippen molar-refractivity contribution in [1.29, 1.82) is 0 Å². The Morgan fingerprint density at radius 2 is 1.04 bits per heavy atom. The van der Waals surface area contributed by atoms with Crippen LogP contribution in [0.1, 0.15) is 116 Å². The highest BCUT2D eigenvalue weighted by molar-refractivity contribution is 14.2. The zero-order valence-corrected chi connectivity index (χ0v) is 24.6. The maximum atomic E-state index is 5.53. The van der Waals surface area contributed by atoms with Crippen molar-refractivity contribution in [3.8, 4) is 0 Å². The average Bonchev–Trinajstić information content (AvgIpc) is 2.58. The van der Waals surface area contributed by atoms with E-state index >= 15 is 0 Å². The molecular weight excluding hydrogens is 574 g/mol. The fourth-order valence-electron chi connectivity index (χ4n) is 3.36. The van der Waals surface area contributed by atoms with Crippen LogP contribution in [-0.2, 0) is 4.74 Å². The van der Waals surface area contributed by atoms with Gasteiger partial charge in [0.05, 0.1) is 7.66 Å². The van der Waals surface area contributed by atoms with Crippen LogP contribution in [0.2, 0.25) is 0 Å². The summed E-state index contributed by atoms with van der Waals surface area (Å²) in [5.74, 6) is 0. The lowest BCUT2D eigenvalue weighted by atomic mass is 10.0. The van der Waals surface area contributed by atoms with E-state index in [1.54, 1.807) is 0 Å². The molecule has 0 saturated heterocycles. The summed E-state index contributed by atoms with van der Waals surface area (Å²) < 4.78 is 6.14. The largest absolute Gasteiger partial charge is 0.377 e. The molecule has 0 saturated carbocycles. The predicted octanol–water partition coefficient (Wildman–Crippen LogP) is 8.10. The predicted molar refractivity (Wildman–Crippen MR) is 145 cm³/mol. The molecule has 0 spiro atoms. The first-order valence-corrected chi connectivity index (χ1v) is 14.7. The first-order valence-electron chi connectivity index (χ1n) is 11.5. The molecule has 0 rings (SSSR count). The Morgan fingerprint density at radius 3 is 1.37 bits per heavy atom. The van der Waals surface area contributed by atoms with Crippen LogP contribution in [0, 0.1) is 0 Å². The molecule has 0 aliphatic rings. The molecule has 0 aliphatic heterocycles. The maximum Gasteiger partial charge on any atom is 0.0671 e. The fraction of sp³-hybridized carbons (Fsp3) is 0.913. The molecule has 1 nitrogen and oxygen atoms in total. The number of unbranched alkanes of at least 4 members (excludes halogenated alkanes) is 15. The maximum absolute atomic E-state index is 5.53. The third-order valence-corrected chi connectivity index (χ3v) is 6.58. The van der Waals surface area contributed by atoms with Crippen LogP contribution >= 0.6 is 45.2 Å². The minimum Gasteiger partial charge on any atom is -0.377 e. The van der Waals surface area contributed by atoms with Gasteiger partial charge >= 0.3 is 0 Å². The van der Waals surface area contributed by atoms with Gasteiger partial charge in [0, 0.05) is 16.8 Å². The average molecular weight is 621 g/mol. The molecule has 0 aromatic carbocycles. The summed E-state index contributed by atoms with van der Waals surface area (Å²) in [5, 5.41) is 0. The second kappa shape index (κ2) is 20.6. The highest BCUT2D eigenvalue weighted by Crippen LogP contribution is 2.29. The SMILES string of the molecule is C=C(C)COCCCCCCCCCCCCCCCCCCC([SiH3])(I)I. The third-order valence-electron chi connectivity index (χ3n) is 5.00. The van der Waals surface area contributed by atoms with Gasteiger partial charge in [-0.25, -0.2) is 0 Å². The topological polar surface area (TPSA) is 9.23 Å². The molecule has 0 amide bonds. The standard InChI is InChI=1S/C23H46I2OSi/c1-22(2)21-26-20-18-16-14-12-10-8-6-4-3-5-7-9-11-13-15-17-19-23(24,25)27/h1,3-21H2,2,27H3. The molecule has 0 radical (unpaired) electrons. The van der Waals surface area contributed by atoms with Crippen LogP contribution in [0.5, 0.6) is 0 Å². The van der Waals surface area contributed by atoms with Crippen molar-refractivity contribution in [1.82, 2.24) is 0 Å². The smallest absolute Gasteiger partial charge is 0.0671 e. The van der Waals surface area contributed by atoms with Crippen molar-refractivity contribution in [2.45, 2.75) is 117 Å². The lowest BCUT2D eigenvalue weighted by Crippen LogP contribution is -2.08. The van der Waals surface area contributed by atoms with E-state index in [-0.39, 0.29) is 0 Å². The number of alkyl halides is 2. The van der Waals surface area contributed by atoms with Crippen LogP contribution in [0.3, 0.4) is 0 Å². The molecule has 162 valence electrons. The summed E-state index contributed by atoms with van der Waals surface area (Å²) >= 11 is 5.25. The quantitative estimate of drug-likeness (QED) is 0.0415. The van der Waals surface area contributed by atoms with Crippen LogP contribution in [0.25, 0.3) is 0 Å². The number of ether oxygens (including phenoxy) is 1. The Hall–Kier alpha value is 1.38. The Labute approximate surface area is 201 Å². The molecule has 0 bridgehead atoms. The summed E-state index contributed by atoms with van der Waals surface area (Å²) in [6, 6.07) is 0. The van der Waals surface area contributed by atoms with E-state index in [1.165, 1.54) is 119 Å². The van der Waals surface area contributed by atoms with E-state index in [4.69, 9.17) is 4.74 Å². The molecule has 0 aliphatic carbocycles. The molecule has 0 atom stereocenters. The van der Waals surface area contributed by atoms with Gasteiger partial charge in [-0.15, -0.1) is 0 Å². The van der Waals surface area contributed by atoms with Gasteiger partial charge in [0.15, 0.2) is 0 Å². The lowest BCUT2D eigenvalue weighted by Gasteiger charge is -2.13. The first kappa shape index (κ1) is 28.4. The lowest BCUT2D eigenvalue weighted by molar-refractivity contribution is 0.151. The van der Waals surface area contributed by atoms with Crippen LogP contribution in [0.4, 0.5) is 0 Å². The van der Waals surface area contributed by atoms with Gasteiger partial charge in [0.25, 0.3) is 0 Å². The zero-order valence-electron chi connectivity index (χ0n) is 18.3. The summed E-state index contributed by atoms with van der Waals surface area (Å²) in [4.78, 5) is 0. The minimum atomic E-state index is 0.606. The highest BCUT2D eigenvalue weighted by Gasteiger charge is 2.12. The van der Waals surface area contributed by atoms with E-state index in [0.717, 1.165) is 18.8 Å². The molecule has 0 heterocycles.